The van der Waals surface area contributed by atoms with E-state index in [2.05, 4.69) is 31.1 Å². The molecule has 1 aromatic heterocycles. The Morgan fingerprint density at radius 2 is 2.29 bits per heavy atom. The van der Waals surface area contributed by atoms with Crippen molar-refractivity contribution in [3.8, 4) is 0 Å². The van der Waals surface area contributed by atoms with Crippen LogP contribution in [0, 0.1) is 11.8 Å². The second-order valence-corrected chi connectivity index (χ2v) is 6.54. The average molecular weight is 289 g/mol. The number of nitrogens with one attached hydrogen (secondary N) is 1. The predicted octanol–water partition coefficient (Wildman–Crippen LogP) is 3.41. The van der Waals surface area contributed by atoms with Gasteiger partial charge in [-0.25, -0.2) is 4.98 Å². The van der Waals surface area contributed by atoms with E-state index in [1.54, 1.807) is 6.20 Å². The molecule has 1 N–H and O–H groups in total. The van der Waals surface area contributed by atoms with E-state index < -0.39 is 0 Å². The molecule has 2 rings (SSSR count). The number of carbonyl (C=O) groups excluding carboxylic acids is 1. The fraction of sp³-hybridized carbons (Fsp3) is 0.647. The first-order valence-corrected chi connectivity index (χ1v) is 8.05. The van der Waals surface area contributed by atoms with Gasteiger partial charge in [-0.2, -0.15) is 0 Å². The highest BCUT2D eigenvalue weighted by atomic mass is 16.2. The SMILES string of the molecule is CC(C)CCNc1ccc(C(=O)N2CCCC(C)C2)nc1. The van der Waals surface area contributed by atoms with Crippen LogP contribution in [-0.4, -0.2) is 35.4 Å². The molecule has 1 amide bonds. The van der Waals surface area contributed by atoms with E-state index in [0.29, 0.717) is 17.5 Å². The molecule has 1 saturated heterocycles. The minimum absolute atomic E-state index is 0.0651. The van der Waals surface area contributed by atoms with Crippen LogP contribution < -0.4 is 5.32 Å². The molecular formula is C17H27N3O. The first-order chi connectivity index (χ1) is 10.1. The summed E-state index contributed by atoms with van der Waals surface area (Å²) in [6.45, 7) is 9.28. The summed E-state index contributed by atoms with van der Waals surface area (Å²) < 4.78 is 0. The van der Waals surface area contributed by atoms with Gasteiger partial charge >= 0.3 is 0 Å². The smallest absolute Gasteiger partial charge is 0.272 e. The minimum atomic E-state index is 0.0651. The number of rotatable bonds is 5. The fourth-order valence-electron chi connectivity index (χ4n) is 2.67. The molecule has 0 aromatic carbocycles. The molecule has 1 atom stereocenters. The van der Waals surface area contributed by atoms with Crippen molar-refractivity contribution in [2.75, 3.05) is 25.0 Å². The van der Waals surface area contributed by atoms with Crippen LogP contribution >= 0.6 is 0 Å². The summed E-state index contributed by atoms with van der Waals surface area (Å²) in [7, 11) is 0. The Kier molecular flexibility index (Phi) is 5.59. The van der Waals surface area contributed by atoms with Crippen molar-refractivity contribution in [3.63, 3.8) is 0 Å². The van der Waals surface area contributed by atoms with Crippen LogP contribution in [0.2, 0.25) is 0 Å². The Morgan fingerprint density at radius 1 is 1.48 bits per heavy atom. The highest BCUT2D eigenvalue weighted by Crippen LogP contribution is 2.18. The number of hydrogen-bond donors (Lipinski definition) is 1. The number of likely N-dealkylation sites (tertiary alicyclic amines) is 1. The average Bonchev–Trinajstić information content (AvgIpc) is 2.47. The van der Waals surface area contributed by atoms with Crippen molar-refractivity contribution >= 4 is 11.6 Å². The second kappa shape index (κ2) is 7.43. The lowest BCUT2D eigenvalue weighted by Crippen LogP contribution is -2.39. The number of anilines is 1. The highest BCUT2D eigenvalue weighted by molar-refractivity contribution is 5.92. The van der Waals surface area contributed by atoms with Crippen molar-refractivity contribution < 1.29 is 4.79 Å². The Labute approximate surface area is 127 Å². The lowest BCUT2D eigenvalue weighted by atomic mass is 10.00. The van der Waals surface area contributed by atoms with E-state index in [0.717, 1.165) is 38.2 Å². The van der Waals surface area contributed by atoms with Gasteiger partial charge in [0.1, 0.15) is 5.69 Å². The third kappa shape index (κ3) is 4.73. The molecule has 1 aliphatic heterocycles. The number of pyridine rings is 1. The summed E-state index contributed by atoms with van der Waals surface area (Å²) in [5, 5.41) is 3.34. The van der Waals surface area contributed by atoms with Gasteiger partial charge in [-0.15, -0.1) is 0 Å². The lowest BCUT2D eigenvalue weighted by molar-refractivity contribution is 0.0677. The molecule has 1 aromatic rings. The number of aromatic nitrogens is 1. The monoisotopic (exact) mass is 289 g/mol. The van der Waals surface area contributed by atoms with Crippen LogP contribution in [0.1, 0.15) is 50.5 Å². The number of amides is 1. The van der Waals surface area contributed by atoms with Gasteiger partial charge in [0.05, 0.1) is 11.9 Å². The number of hydrogen-bond acceptors (Lipinski definition) is 3. The summed E-state index contributed by atoms with van der Waals surface area (Å²) in [6.07, 6.45) is 5.21. The number of carbonyl (C=O) groups is 1. The van der Waals surface area contributed by atoms with Crippen molar-refractivity contribution in [2.45, 2.75) is 40.0 Å². The zero-order valence-electron chi connectivity index (χ0n) is 13.4. The third-order valence-electron chi connectivity index (χ3n) is 3.98. The van der Waals surface area contributed by atoms with Gasteiger partial charge in [0.25, 0.3) is 5.91 Å². The third-order valence-corrected chi connectivity index (χ3v) is 3.98. The van der Waals surface area contributed by atoms with Crippen molar-refractivity contribution in [1.29, 1.82) is 0 Å². The van der Waals surface area contributed by atoms with Crippen LogP contribution in [0.5, 0.6) is 0 Å². The molecular weight excluding hydrogens is 262 g/mol. The lowest BCUT2D eigenvalue weighted by Gasteiger charge is -2.30. The maximum absolute atomic E-state index is 12.4. The van der Waals surface area contributed by atoms with Crippen molar-refractivity contribution in [3.05, 3.63) is 24.0 Å². The summed E-state index contributed by atoms with van der Waals surface area (Å²) >= 11 is 0. The Balaban J connectivity index is 1.90. The molecule has 116 valence electrons. The van der Waals surface area contributed by atoms with E-state index in [1.807, 2.05) is 17.0 Å². The van der Waals surface area contributed by atoms with E-state index in [9.17, 15) is 4.79 Å². The molecule has 2 heterocycles. The molecule has 0 saturated carbocycles. The summed E-state index contributed by atoms with van der Waals surface area (Å²) in [6, 6.07) is 3.78. The highest BCUT2D eigenvalue weighted by Gasteiger charge is 2.22. The van der Waals surface area contributed by atoms with Crippen molar-refractivity contribution in [1.82, 2.24) is 9.88 Å². The van der Waals surface area contributed by atoms with E-state index in [-0.39, 0.29) is 5.91 Å². The van der Waals surface area contributed by atoms with E-state index in [1.165, 1.54) is 6.42 Å². The van der Waals surface area contributed by atoms with Gasteiger partial charge in [0.2, 0.25) is 0 Å². The maximum Gasteiger partial charge on any atom is 0.272 e. The van der Waals surface area contributed by atoms with Crippen LogP contribution in [0.15, 0.2) is 18.3 Å². The van der Waals surface area contributed by atoms with Gasteiger partial charge in [0.15, 0.2) is 0 Å². The van der Waals surface area contributed by atoms with Gasteiger partial charge < -0.3 is 10.2 Å². The molecule has 4 heteroatoms. The Hall–Kier alpha value is -1.58. The van der Waals surface area contributed by atoms with Crippen LogP contribution in [-0.2, 0) is 0 Å². The molecule has 1 aliphatic rings. The maximum atomic E-state index is 12.4. The first-order valence-electron chi connectivity index (χ1n) is 8.05. The molecule has 0 aliphatic carbocycles. The largest absolute Gasteiger partial charge is 0.384 e. The fourth-order valence-corrected chi connectivity index (χ4v) is 2.67. The second-order valence-electron chi connectivity index (χ2n) is 6.54. The van der Waals surface area contributed by atoms with Gasteiger partial charge in [-0.05, 0) is 43.2 Å². The van der Waals surface area contributed by atoms with E-state index in [4.69, 9.17) is 0 Å². The van der Waals surface area contributed by atoms with Gasteiger partial charge in [-0.1, -0.05) is 20.8 Å². The standard InChI is InChI=1S/C17H27N3O/c1-13(2)8-9-18-15-6-7-16(19-11-15)17(21)20-10-4-5-14(3)12-20/h6-7,11,13-14,18H,4-5,8-10,12H2,1-3H3. The van der Waals surface area contributed by atoms with Gasteiger partial charge in [-0.3, -0.25) is 4.79 Å². The molecule has 0 bridgehead atoms. The Bertz CT molecular complexity index is 456. The number of piperidine rings is 1. The van der Waals surface area contributed by atoms with Gasteiger partial charge in [0, 0.05) is 19.6 Å². The van der Waals surface area contributed by atoms with Crippen LogP contribution in [0.4, 0.5) is 5.69 Å². The molecule has 21 heavy (non-hydrogen) atoms. The predicted molar refractivity (Wildman–Crippen MR) is 86.5 cm³/mol. The van der Waals surface area contributed by atoms with Crippen LogP contribution in [0.3, 0.4) is 0 Å². The molecule has 4 nitrogen and oxygen atoms in total. The minimum Gasteiger partial charge on any atom is -0.384 e. The summed E-state index contributed by atoms with van der Waals surface area (Å²) in [5.41, 5.74) is 1.54. The first kappa shape index (κ1) is 15.8. The van der Waals surface area contributed by atoms with Crippen LogP contribution in [0.25, 0.3) is 0 Å². The molecule has 1 fully saturated rings. The zero-order valence-corrected chi connectivity index (χ0v) is 13.4. The summed E-state index contributed by atoms with van der Waals surface area (Å²) in [5.74, 6) is 1.35. The summed E-state index contributed by atoms with van der Waals surface area (Å²) in [4.78, 5) is 18.7. The quantitative estimate of drug-likeness (QED) is 0.903. The topological polar surface area (TPSA) is 45.2 Å². The molecule has 0 spiro atoms. The number of nitrogens with zero attached hydrogens (tertiary/aromatic N) is 2. The molecule has 0 radical (unpaired) electrons. The normalized spacial score (nSPS) is 18.9. The zero-order chi connectivity index (χ0) is 15.2. The van der Waals surface area contributed by atoms with E-state index >= 15 is 0 Å². The molecule has 1 unspecified atom stereocenters. The Morgan fingerprint density at radius 3 is 2.90 bits per heavy atom. The van der Waals surface area contributed by atoms with Crippen molar-refractivity contribution in [2.24, 2.45) is 11.8 Å².